The van der Waals surface area contributed by atoms with E-state index in [0.29, 0.717) is 30.8 Å². The van der Waals surface area contributed by atoms with Gasteiger partial charge in [-0.25, -0.2) is 14.3 Å². The van der Waals surface area contributed by atoms with Crippen LogP contribution >= 0.6 is 11.6 Å². The number of carboxylic acids is 1. The third-order valence-electron chi connectivity index (χ3n) is 5.46. The Morgan fingerprint density at radius 2 is 1.78 bits per heavy atom. The molecule has 0 aliphatic carbocycles. The molecule has 0 unspecified atom stereocenters. The van der Waals surface area contributed by atoms with Gasteiger partial charge in [-0.1, -0.05) is 41.4 Å². The lowest BCUT2D eigenvalue weighted by atomic mass is 10.1. The van der Waals surface area contributed by atoms with Crippen LogP contribution in [0.5, 0.6) is 5.75 Å². The maximum Gasteiger partial charge on any atom is 0.339 e. The van der Waals surface area contributed by atoms with Crippen molar-refractivity contribution >= 4 is 23.2 Å². The summed E-state index contributed by atoms with van der Waals surface area (Å²) in [5.41, 5.74) is 6.34. The SMILES string of the molecule is Cc1ccc(-c2cnn3c(CCCOc4cc(C)c(Cl)c(C)c4)c(C(=O)O)cnc23)cc1. The van der Waals surface area contributed by atoms with Crippen molar-refractivity contribution in [2.75, 3.05) is 6.61 Å². The van der Waals surface area contributed by atoms with Crippen LogP contribution in [0.1, 0.15) is 39.2 Å². The fourth-order valence-corrected chi connectivity index (χ4v) is 3.86. The maximum atomic E-state index is 11.8. The van der Waals surface area contributed by atoms with Crippen molar-refractivity contribution in [2.45, 2.75) is 33.6 Å². The van der Waals surface area contributed by atoms with Gasteiger partial charge in [0, 0.05) is 16.8 Å². The molecule has 0 amide bonds. The third kappa shape index (κ3) is 4.32. The van der Waals surface area contributed by atoms with E-state index in [2.05, 4.69) is 10.1 Å². The molecule has 0 atom stereocenters. The predicted molar refractivity (Wildman–Crippen MR) is 125 cm³/mol. The summed E-state index contributed by atoms with van der Waals surface area (Å²) >= 11 is 6.22. The molecule has 7 heteroatoms. The van der Waals surface area contributed by atoms with Gasteiger partial charge in [-0.15, -0.1) is 0 Å². The molecule has 0 fully saturated rings. The maximum absolute atomic E-state index is 11.8. The van der Waals surface area contributed by atoms with Gasteiger partial charge in [-0.3, -0.25) is 0 Å². The largest absolute Gasteiger partial charge is 0.494 e. The number of aryl methyl sites for hydroxylation is 4. The Bertz CT molecular complexity index is 1270. The Kier molecular flexibility index (Phi) is 6.15. The molecule has 4 rings (SSSR count). The number of aromatic carboxylic acids is 1. The van der Waals surface area contributed by atoms with Crippen molar-refractivity contribution in [1.29, 1.82) is 0 Å². The Morgan fingerprint density at radius 1 is 1.09 bits per heavy atom. The number of rotatable bonds is 7. The number of carbonyl (C=O) groups is 1. The van der Waals surface area contributed by atoms with Crippen LogP contribution in [-0.2, 0) is 6.42 Å². The molecule has 0 aliphatic rings. The average Bonchev–Trinajstić information content (AvgIpc) is 3.19. The van der Waals surface area contributed by atoms with E-state index in [1.165, 1.54) is 6.20 Å². The van der Waals surface area contributed by atoms with Crippen LogP contribution in [0, 0.1) is 20.8 Å². The number of hydrogen-bond donors (Lipinski definition) is 1. The molecule has 0 aliphatic heterocycles. The van der Waals surface area contributed by atoms with Crippen LogP contribution in [0.2, 0.25) is 5.02 Å². The zero-order valence-electron chi connectivity index (χ0n) is 18.2. The van der Waals surface area contributed by atoms with E-state index >= 15 is 0 Å². The Labute approximate surface area is 191 Å². The second-order valence-corrected chi connectivity index (χ2v) is 8.28. The zero-order chi connectivity index (χ0) is 22.8. The summed E-state index contributed by atoms with van der Waals surface area (Å²) in [4.78, 5) is 16.2. The van der Waals surface area contributed by atoms with Crippen molar-refractivity contribution in [3.8, 4) is 16.9 Å². The lowest BCUT2D eigenvalue weighted by molar-refractivity contribution is 0.0694. The van der Waals surface area contributed by atoms with Crippen molar-refractivity contribution in [2.24, 2.45) is 0 Å². The van der Waals surface area contributed by atoms with Crippen LogP contribution in [0.3, 0.4) is 0 Å². The lowest BCUT2D eigenvalue weighted by Gasteiger charge is -2.11. The lowest BCUT2D eigenvalue weighted by Crippen LogP contribution is -2.12. The molecule has 164 valence electrons. The quantitative estimate of drug-likeness (QED) is 0.367. The minimum atomic E-state index is -1.02. The van der Waals surface area contributed by atoms with Gasteiger partial charge < -0.3 is 9.84 Å². The van der Waals surface area contributed by atoms with Crippen LogP contribution in [0.15, 0.2) is 48.8 Å². The van der Waals surface area contributed by atoms with E-state index in [-0.39, 0.29) is 5.56 Å². The van der Waals surface area contributed by atoms with Crippen molar-refractivity contribution in [3.05, 3.63) is 81.8 Å². The summed E-state index contributed by atoms with van der Waals surface area (Å²) in [6.45, 7) is 6.36. The molecule has 32 heavy (non-hydrogen) atoms. The summed E-state index contributed by atoms with van der Waals surface area (Å²) in [6.07, 6.45) is 4.26. The fraction of sp³-hybridized carbons (Fsp3) is 0.240. The van der Waals surface area contributed by atoms with E-state index in [1.807, 2.05) is 57.2 Å². The average molecular weight is 450 g/mol. The van der Waals surface area contributed by atoms with Gasteiger partial charge in [0.15, 0.2) is 5.65 Å². The third-order valence-corrected chi connectivity index (χ3v) is 6.05. The van der Waals surface area contributed by atoms with Crippen LogP contribution in [-0.4, -0.2) is 32.3 Å². The Hall–Kier alpha value is -3.38. The second kappa shape index (κ2) is 9.01. The summed E-state index contributed by atoms with van der Waals surface area (Å²) in [5.74, 6) is -0.268. The first-order valence-electron chi connectivity index (χ1n) is 10.4. The topological polar surface area (TPSA) is 76.7 Å². The molecule has 1 N–H and O–H groups in total. The van der Waals surface area contributed by atoms with E-state index in [1.54, 1.807) is 10.7 Å². The highest BCUT2D eigenvalue weighted by Crippen LogP contribution is 2.27. The van der Waals surface area contributed by atoms with Crippen LogP contribution < -0.4 is 4.74 Å². The molecule has 0 saturated carbocycles. The minimum absolute atomic E-state index is 0.147. The summed E-state index contributed by atoms with van der Waals surface area (Å²) < 4.78 is 7.53. The molecule has 4 aromatic rings. The van der Waals surface area contributed by atoms with Gasteiger partial charge in [-0.05, 0) is 62.4 Å². The molecular weight excluding hydrogens is 426 g/mol. The number of benzene rings is 2. The fourth-order valence-electron chi connectivity index (χ4n) is 3.75. The minimum Gasteiger partial charge on any atom is -0.494 e. The van der Waals surface area contributed by atoms with E-state index in [0.717, 1.165) is 38.6 Å². The molecule has 2 heterocycles. The van der Waals surface area contributed by atoms with Crippen molar-refractivity contribution < 1.29 is 14.6 Å². The summed E-state index contributed by atoms with van der Waals surface area (Å²) in [6, 6.07) is 11.9. The van der Waals surface area contributed by atoms with E-state index in [9.17, 15) is 9.90 Å². The van der Waals surface area contributed by atoms with E-state index in [4.69, 9.17) is 16.3 Å². The predicted octanol–water partition coefficient (Wildman–Crippen LogP) is 5.68. The molecular formula is C25H24ClN3O3. The highest BCUT2D eigenvalue weighted by molar-refractivity contribution is 6.32. The molecule has 0 bridgehead atoms. The molecule has 6 nitrogen and oxygen atoms in total. The number of aromatic nitrogens is 3. The number of carboxylic acid groups (broad SMARTS) is 1. The number of halogens is 1. The van der Waals surface area contributed by atoms with Gasteiger partial charge >= 0.3 is 5.97 Å². The van der Waals surface area contributed by atoms with Gasteiger partial charge in [0.2, 0.25) is 0 Å². The second-order valence-electron chi connectivity index (χ2n) is 7.91. The normalized spacial score (nSPS) is 11.1. The first-order chi connectivity index (χ1) is 15.3. The Morgan fingerprint density at radius 3 is 2.44 bits per heavy atom. The highest BCUT2D eigenvalue weighted by atomic mass is 35.5. The molecule has 0 spiro atoms. The number of ether oxygens (including phenoxy) is 1. The molecule has 0 saturated heterocycles. The van der Waals surface area contributed by atoms with Gasteiger partial charge in [0.05, 0.1) is 24.1 Å². The van der Waals surface area contributed by atoms with Gasteiger partial charge in [0.1, 0.15) is 5.75 Å². The van der Waals surface area contributed by atoms with Crippen molar-refractivity contribution in [1.82, 2.24) is 14.6 Å². The van der Waals surface area contributed by atoms with Crippen LogP contribution in [0.25, 0.3) is 16.8 Å². The molecule has 2 aromatic carbocycles. The molecule has 2 aromatic heterocycles. The number of fused-ring (bicyclic) bond motifs is 1. The smallest absolute Gasteiger partial charge is 0.339 e. The summed E-state index contributed by atoms with van der Waals surface area (Å²) in [5, 5.41) is 14.9. The molecule has 0 radical (unpaired) electrons. The standard InChI is InChI=1S/C25H24ClN3O3/c1-15-6-8-18(9-7-15)20-14-28-29-22(21(25(30)31)13-27-24(20)29)5-4-10-32-19-11-16(2)23(26)17(3)12-19/h6-9,11-14H,4-5,10H2,1-3H3,(H,30,31). The number of nitrogens with zero attached hydrogens (tertiary/aromatic N) is 3. The first-order valence-corrected chi connectivity index (χ1v) is 10.8. The zero-order valence-corrected chi connectivity index (χ0v) is 19.0. The first kappa shape index (κ1) is 21.8. The highest BCUT2D eigenvalue weighted by Gasteiger charge is 2.18. The summed E-state index contributed by atoms with van der Waals surface area (Å²) in [7, 11) is 0. The monoisotopic (exact) mass is 449 g/mol. The van der Waals surface area contributed by atoms with Gasteiger partial charge in [0.25, 0.3) is 0 Å². The van der Waals surface area contributed by atoms with Gasteiger partial charge in [-0.2, -0.15) is 5.10 Å². The van der Waals surface area contributed by atoms with Crippen LogP contribution in [0.4, 0.5) is 0 Å². The number of hydrogen-bond acceptors (Lipinski definition) is 4. The Balaban J connectivity index is 1.57. The van der Waals surface area contributed by atoms with Crippen molar-refractivity contribution in [3.63, 3.8) is 0 Å². The van der Waals surface area contributed by atoms with E-state index < -0.39 is 5.97 Å².